The zero-order valence-electron chi connectivity index (χ0n) is 14.7. The number of hydrogen-bond donors (Lipinski definition) is 0. The molecular formula is C15H7Cl3F7N5S. The highest BCUT2D eigenvalue weighted by molar-refractivity contribution is 8.04. The number of rotatable bonds is 5. The van der Waals surface area contributed by atoms with E-state index in [4.69, 9.17) is 34.8 Å². The fourth-order valence-corrected chi connectivity index (χ4v) is 4.01. The predicted molar refractivity (Wildman–Crippen MR) is 102 cm³/mol. The molecule has 0 saturated heterocycles. The Hall–Kier alpha value is -1.70. The topological polar surface area (TPSA) is 46.3 Å². The Balaban J connectivity index is 2.44. The molecule has 0 N–H and O–H groups in total. The molecule has 2 aromatic heterocycles. The Morgan fingerprint density at radius 2 is 1.65 bits per heavy atom. The summed E-state index contributed by atoms with van der Waals surface area (Å²) in [5.41, 5.74) is -1.84. The summed E-state index contributed by atoms with van der Waals surface area (Å²) < 4.78 is 94.7. The number of halogens is 10. The molecule has 0 spiro atoms. The molecule has 1 unspecified atom stereocenters. The molecule has 5 nitrogen and oxygen atoms in total. The number of benzene rings is 1. The van der Waals surface area contributed by atoms with Gasteiger partial charge in [0.1, 0.15) is 35.0 Å². The molecule has 0 bridgehead atoms. The third-order valence-electron chi connectivity index (χ3n) is 3.85. The molecule has 0 fully saturated rings. The molecular weight excluding hydrogens is 522 g/mol. The van der Waals surface area contributed by atoms with Gasteiger partial charge in [0.15, 0.2) is 5.82 Å². The summed E-state index contributed by atoms with van der Waals surface area (Å²) in [6.45, 7) is 0.602. The normalized spacial score (nSPS) is 13.6. The summed E-state index contributed by atoms with van der Waals surface area (Å²) in [4.78, 5) is 7.39. The van der Waals surface area contributed by atoms with Crippen LogP contribution in [0.3, 0.4) is 0 Å². The number of hydrogen-bond acceptors (Lipinski definition) is 5. The van der Waals surface area contributed by atoms with Crippen molar-refractivity contribution in [2.24, 2.45) is 0 Å². The van der Waals surface area contributed by atoms with Crippen molar-refractivity contribution in [2.75, 3.05) is 4.31 Å². The van der Waals surface area contributed by atoms with Crippen molar-refractivity contribution < 1.29 is 30.7 Å². The van der Waals surface area contributed by atoms with Gasteiger partial charge in [-0.15, -0.1) is 0 Å². The lowest BCUT2D eigenvalue weighted by Gasteiger charge is -2.33. The Morgan fingerprint density at radius 1 is 1.06 bits per heavy atom. The van der Waals surface area contributed by atoms with Crippen LogP contribution < -0.4 is 4.31 Å². The molecule has 16 heteroatoms. The Kier molecular flexibility index (Phi) is 6.44. The van der Waals surface area contributed by atoms with Crippen molar-refractivity contribution in [3.05, 3.63) is 41.1 Å². The molecule has 0 aliphatic carbocycles. The van der Waals surface area contributed by atoms with E-state index in [-0.39, 0.29) is 34.2 Å². The predicted octanol–water partition coefficient (Wildman–Crippen LogP) is 6.33. The third kappa shape index (κ3) is 4.89. The van der Waals surface area contributed by atoms with E-state index in [0.717, 1.165) is 6.33 Å². The first-order valence-electron chi connectivity index (χ1n) is 7.86. The summed E-state index contributed by atoms with van der Waals surface area (Å²) >= 11 is 16.2. The van der Waals surface area contributed by atoms with Gasteiger partial charge in [-0.3, -0.25) is 4.31 Å². The lowest BCUT2D eigenvalue weighted by atomic mass is 10.1. The highest BCUT2D eigenvalue weighted by Gasteiger charge is 2.46. The number of fused-ring (bicyclic) bond motifs is 1. The van der Waals surface area contributed by atoms with Gasteiger partial charge in [0.25, 0.3) is 5.78 Å². The zero-order valence-corrected chi connectivity index (χ0v) is 17.8. The molecule has 0 radical (unpaired) electrons. The molecule has 168 valence electrons. The van der Waals surface area contributed by atoms with Crippen molar-refractivity contribution in [3.8, 4) is 11.1 Å². The maximum absolute atomic E-state index is 14.5. The summed E-state index contributed by atoms with van der Waals surface area (Å²) in [5.74, 6) is -5.54. The van der Waals surface area contributed by atoms with Gasteiger partial charge < -0.3 is 0 Å². The van der Waals surface area contributed by atoms with Crippen LogP contribution in [0.1, 0.15) is 6.92 Å². The van der Waals surface area contributed by atoms with Crippen LogP contribution in [0, 0.1) is 17.5 Å². The molecule has 2 heterocycles. The lowest BCUT2D eigenvalue weighted by Crippen LogP contribution is -2.42. The van der Waals surface area contributed by atoms with Crippen molar-refractivity contribution >= 4 is 58.3 Å². The minimum atomic E-state index is -5.01. The first-order chi connectivity index (χ1) is 14.2. The monoisotopic (exact) mass is 527 g/mol. The lowest BCUT2D eigenvalue weighted by molar-refractivity contribution is -0.141. The van der Waals surface area contributed by atoms with Gasteiger partial charge in [-0.25, -0.2) is 13.2 Å². The quantitative estimate of drug-likeness (QED) is 0.168. The Bertz CT molecular complexity index is 1110. The van der Waals surface area contributed by atoms with Crippen LogP contribution in [0.5, 0.6) is 0 Å². The third-order valence-corrected chi connectivity index (χ3v) is 5.43. The fourth-order valence-electron chi connectivity index (χ4n) is 2.55. The first-order valence-corrected chi connectivity index (χ1v) is 9.77. The van der Waals surface area contributed by atoms with E-state index in [2.05, 4.69) is 15.1 Å². The van der Waals surface area contributed by atoms with Crippen LogP contribution in [-0.2, 0) is 0 Å². The average molecular weight is 529 g/mol. The van der Waals surface area contributed by atoms with E-state index in [1.165, 1.54) is 0 Å². The highest BCUT2D eigenvalue weighted by Crippen LogP contribution is 2.48. The van der Waals surface area contributed by atoms with Crippen LogP contribution in [0.2, 0.25) is 5.15 Å². The summed E-state index contributed by atoms with van der Waals surface area (Å²) in [6, 6.07) is -1.99. The van der Waals surface area contributed by atoms with E-state index in [9.17, 15) is 30.7 Å². The Morgan fingerprint density at radius 3 is 2.16 bits per heavy atom. The molecule has 1 aromatic carbocycles. The van der Waals surface area contributed by atoms with E-state index < -0.39 is 55.7 Å². The van der Waals surface area contributed by atoms with Crippen LogP contribution in [0.4, 0.5) is 36.6 Å². The SMILES string of the molecule is CC(N(SC(F)(Cl)Cl)c1c(-c2c(F)cc(F)cc2F)c(Cl)nc2ncnn12)C(F)(F)F. The number of nitrogens with zero attached hydrogens (tertiary/aromatic N) is 5. The number of anilines is 1. The number of alkyl halides is 6. The highest BCUT2D eigenvalue weighted by atomic mass is 35.5. The van der Waals surface area contributed by atoms with E-state index in [1.807, 2.05) is 0 Å². The van der Waals surface area contributed by atoms with E-state index in [1.54, 1.807) is 0 Å². The van der Waals surface area contributed by atoms with Gasteiger partial charge in [0, 0.05) is 24.1 Å². The molecule has 3 rings (SSSR count). The molecule has 3 aromatic rings. The van der Waals surface area contributed by atoms with Crippen LogP contribution in [0.15, 0.2) is 18.5 Å². The van der Waals surface area contributed by atoms with E-state index >= 15 is 0 Å². The van der Waals surface area contributed by atoms with Gasteiger partial charge in [-0.05, 0) is 6.92 Å². The first kappa shape index (κ1) is 24.0. The minimum absolute atomic E-state index is 0.173. The van der Waals surface area contributed by atoms with Crippen molar-refractivity contribution in [1.29, 1.82) is 0 Å². The van der Waals surface area contributed by atoms with Gasteiger partial charge in [0.2, 0.25) is 0 Å². The zero-order chi connectivity index (χ0) is 23.3. The minimum Gasteiger partial charge on any atom is -0.283 e. The fraction of sp³-hybridized carbons (Fsp3) is 0.267. The van der Waals surface area contributed by atoms with Crippen LogP contribution in [0.25, 0.3) is 16.9 Å². The van der Waals surface area contributed by atoms with Crippen LogP contribution >= 0.6 is 46.8 Å². The Labute approximate surface area is 188 Å². The summed E-state index contributed by atoms with van der Waals surface area (Å²) in [7, 11) is 0. The standard InChI is InChI=1S/C15H7Cl3F7N5S/c1-5(14(22,23)24)30(31-15(17,18)25)12-10(9-7(20)2-6(19)3-8(9)21)11(16)28-13-26-4-27-29(12)13/h2-5H,1H3. The van der Waals surface area contributed by atoms with Crippen molar-refractivity contribution in [1.82, 2.24) is 19.6 Å². The smallest absolute Gasteiger partial charge is 0.283 e. The van der Waals surface area contributed by atoms with Crippen LogP contribution in [-0.4, -0.2) is 35.7 Å². The van der Waals surface area contributed by atoms with Gasteiger partial charge in [-0.1, -0.05) is 34.8 Å². The van der Waals surface area contributed by atoms with E-state index in [0.29, 0.717) is 11.4 Å². The molecule has 1 atom stereocenters. The second kappa shape index (κ2) is 8.34. The van der Waals surface area contributed by atoms with Gasteiger partial charge >= 0.3 is 10.1 Å². The summed E-state index contributed by atoms with van der Waals surface area (Å²) in [5, 5.41) is 2.94. The van der Waals surface area contributed by atoms with Gasteiger partial charge in [0.05, 0.1) is 11.1 Å². The number of aromatic nitrogens is 4. The molecule has 0 aliphatic heterocycles. The summed E-state index contributed by atoms with van der Waals surface area (Å²) in [6.07, 6.45) is -4.15. The molecule has 0 aliphatic rings. The van der Waals surface area contributed by atoms with Gasteiger partial charge in [-0.2, -0.15) is 37.1 Å². The van der Waals surface area contributed by atoms with Crippen molar-refractivity contribution in [2.45, 2.75) is 23.1 Å². The molecule has 31 heavy (non-hydrogen) atoms. The van der Waals surface area contributed by atoms with Crippen molar-refractivity contribution in [3.63, 3.8) is 0 Å². The molecule has 0 amide bonds. The largest absolute Gasteiger partial charge is 0.409 e. The second-order valence-corrected chi connectivity index (χ2v) is 9.08. The maximum Gasteiger partial charge on any atom is 0.409 e. The second-order valence-electron chi connectivity index (χ2n) is 5.90. The maximum atomic E-state index is 14.5. The average Bonchev–Trinajstić information content (AvgIpc) is 3.05. The molecule has 0 saturated carbocycles.